The van der Waals surface area contributed by atoms with Gasteiger partial charge in [-0.1, -0.05) is 89.2 Å². The lowest BCUT2D eigenvalue weighted by atomic mass is 9.84. The SMILES string of the molecule is [C-]#[N+]/C(=C\c1ccc(-c2ccc(-c3ccc(-c4c(-c5ccccc5)n(-c5cc(CC(C)C)cc(C(C)(C)C)c5)c5ccccc45)s3)o2)s1)C(=O)O. The molecule has 0 aliphatic rings. The number of hydrogen-bond acceptors (Lipinski definition) is 4. The molecule has 0 amide bonds. The van der Waals surface area contributed by atoms with Gasteiger partial charge in [-0.05, 0) is 95.1 Å². The van der Waals surface area contributed by atoms with Gasteiger partial charge < -0.3 is 14.1 Å². The molecule has 1 N–H and O–H groups in total. The van der Waals surface area contributed by atoms with E-state index >= 15 is 0 Å². The first-order valence-electron chi connectivity index (χ1n) is 17.0. The molecule has 3 aromatic carbocycles. The minimum Gasteiger partial charge on any atom is -0.486 e. The second-order valence-electron chi connectivity index (χ2n) is 14.2. The van der Waals surface area contributed by atoms with Crippen LogP contribution in [0.5, 0.6) is 0 Å². The fourth-order valence-corrected chi connectivity index (χ4v) is 8.43. The van der Waals surface area contributed by atoms with E-state index in [0.29, 0.717) is 16.6 Å². The quantitative estimate of drug-likeness (QED) is 0.120. The monoisotopic (exact) mass is 706 g/mol. The van der Waals surface area contributed by atoms with Crippen LogP contribution in [0.15, 0.2) is 119 Å². The molecule has 0 unspecified atom stereocenters. The van der Waals surface area contributed by atoms with Crippen LogP contribution in [-0.4, -0.2) is 15.6 Å². The maximum absolute atomic E-state index is 11.3. The van der Waals surface area contributed by atoms with Crippen LogP contribution in [0.1, 0.15) is 50.6 Å². The van der Waals surface area contributed by atoms with Crippen molar-refractivity contribution >= 4 is 45.6 Å². The molecule has 4 aromatic heterocycles. The van der Waals surface area contributed by atoms with Crippen molar-refractivity contribution in [2.75, 3.05) is 0 Å². The number of benzene rings is 3. The second-order valence-corrected chi connectivity index (χ2v) is 16.4. The molecule has 7 rings (SSSR count). The molecule has 7 heteroatoms. The molecule has 51 heavy (non-hydrogen) atoms. The van der Waals surface area contributed by atoms with Crippen LogP contribution in [0, 0.1) is 12.5 Å². The van der Waals surface area contributed by atoms with Crippen molar-refractivity contribution in [3.8, 4) is 48.7 Å². The molecule has 0 aliphatic heterocycles. The predicted molar refractivity (Wildman–Crippen MR) is 212 cm³/mol. The minimum atomic E-state index is -1.23. The topological polar surface area (TPSA) is 59.7 Å². The summed E-state index contributed by atoms with van der Waals surface area (Å²) in [6.45, 7) is 18.6. The number of aliphatic carboxylic acids is 1. The van der Waals surface area contributed by atoms with Gasteiger partial charge >= 0.3 is 5.97 Å². The van der Waals surface area contributed by atoms with Crippen molar-refractivity contribution in [2.24, 2.45) is 5.92 Å². The average molecular weight is 707 g/mol. The molecule has 0 bridgehead atoms. The van der Waals surface area contributed by atoms with Gasteiger partial charge in [0.1, 0.15) is 11.5 Å². The molecule has 5 nitrogen and oxygen atoms in total. The summed E-state index contributed by atoms with van der Waals surface area (Å²) in [6.07, 6.45) is 2.40. The van der Waals surface area contributed by atoms with Gasteiger partial charge in [-0.2, -0.15) is 0 Å². The standard InChI is InChI=1S/C44H38N2O3S2/c1-27(2)22-28-23-30(44(3,4)5)25-31(24-28)46-35-15-11-10-14-33(35)41(42(46)29-12-8-7-9-13-29)40-21-20-39(51-40)37-18-17-36(49-37)38-19-16-32(50-38)26-34(45-6)43(47)48/h7-21,23-27H,22H2,1-5H3,(H,47,48)/b34-26-. The first kappa shape index (κ1) is 34.0. The Hall–Kier alpha value is -5.42. The van der Waals surface area contributed by atoms with E-state index in [1.165, 1.54) is 45.2 Å². The molecule has 0 fully saturated rings. The molecule has 7 aromatic rings. The third-order valence-corrected chi connectivity index (χ3v) is 11.0. The molecule has 0 saturated carbocycles. The van der Waals surface area contributed by atoms with E-state index < -0.39 is 5.97 Å². The van der Waals surface area contributed by atoms with E-state index in [2.05, 4.69) is 129 Å². The lowest BCUT2D eigenvalue weighted by Crippen LogP contribution is -2.13. The summed E-state index contributed by atoms with van der Waals surface area (Å²) < 4.78 is 8.84. The number of hydrogen-bond donors (Lipinski definition) is 1. The van der Waals surface area contributed by atoms with Crippen LogP contribution in [0.3, 0.4) is 0 Å². The summed E-state index contributed by atoms with van der Waals surface area (Å²) in [7, 11) is 0. The maximum atomic E-state index is 11.3. The number of carboxylic acid groups (broad SMARTS) is 1. The zero-order valence-electron chi connectivity index (χ0n) is 29.2. The minimum absolute atomic E-state index is 0.00840. The van der Waals surface area contributed by atoms with E-state index in [9.17, 15) is 9.90 Å². The highest BCUT2D eigenvalue weighted by molar-refractivity contribution is 7.19. The molecule has 0 atom stereocenters. The van der Waals surface area contributed by atoms with Gasteiger partial charge in [0.05, 0.1) is 27.5 Å². The Morgan fingerprint density at radius 1 is 0.863 bits per heavy atom. The van der Waals surface area contributed by atoms with Gasteiger partial charge in [-0.15, -0.1) is 22.7 Å². The van der Waals surface area contributed by atoms with Crippen LogP contribution in [0.25, 0.3) is 70.5 Å². The first-order valence-corrected chi connectivity index (χ1v) is 18.6. The van der Waals surface area contributed by atoms with Crippen LogP contribution >= 0.6 is 22.7 Å². The zero-order valence-corrected chi connectivity index (χ0v) is 30.9. The maximum Gasteiger partial charge on any atom is 0.333 e. The Morgan fingerprint density at radius 2 is 1.53 bits per heavy atom. The number of carboxylic acids is 1. The number of nitrogens with zero attached hydrogens (tertiary/aromatic N) is 2. The molecule has 0 saturated heterocycles. The van der Waals surface area contributed by atoms with Crippen LogP contribution < -0.4 is 0 Å². The lowest BCUT2D eigenvalue weighted by Gasteiger charge is -2.23. The Kier molecular flexibility index (Phi) is 9.15. The highest BCUT2D eigenvalue weighted by Gasteiger charge is 2.25. The Labute approximate surface area is 306 Å². The summed E-state index contributed by atoms with van der Waals surface area (Å²) in [5, 5.41) is 10.4. The largest absolute Gasteiger partial charge is 0.486 e. The van der Waals surface area contributed by atoms with Crippen molar-refractivity contribution in [1.82, 2.24) is 4.57 Å². The Balaban J connectivity index is 1.36. The lowest BCUT2D eigenvalue weighted by molar-refractivity contribution is -0.132. The molecule has 0 spiro atoms. The Morgan fingerprint density at radius 3 is 2.22 bits per heavy atom. The van der Waals surface area contributed by atoms with Gasteiger partial charge in [0.2, 0.25) is 0 Å². The molecule has 254 valence electrons. The average Bonchev–Trinajstić information content (AvgIpc) is 3.92. The van der Waals surface area contributed by atoms with Gasteiger partial charge in [-0.25, -0.2) is 4.85 Å². The summed E-state index contributed by atoms with van der Waals surface area (Å²) in [5.74, 6) is 0.766. The molecule has 0 aliphatic carbocycles. The van der Waals surface area contributed by atoms with Crippen molar-refractivity contribution in [3.63, 3.8) is 0 Å². The third-order valence-electron chi connectivity index (χ3n) is 8.86. The van der Waals surface area contributed by atoms with E-state index in [1.807, 2.05) is 24.3 Å². The highest BCUT2D eigenvalue weighted by Crippen LogP contribution is 2.47. The van der Waals surface area contributed by atoms with Gasteiger partial charge in [-0.3, -0.25) is 4.79 Å². The van der Waals surface area contributed by atoms with Crippen LogP contribution in [-0.2, 0) is 16.6 Å². The van der Waals surface area contributed by atoms with Crippen molar-refractivity contribution < 1.29 is 14.3 Å². The normalized spacial score (nSPS) is 12.1. The number of fused-ring (bicyclic) bond motifs is 1. The number of rotatable bonds is 9. The Bertz CT molecular complexity index is 2460. The number of para-hydroxylation sites is 1. The number of aromatic nitrogens is 1. The first-order chi connectivity index (χ1) is 24.5. The van der Waals surface area contributed by atoms with Gasteiger partial charge in [0.25, 0.3) is 5.70 Å². The van der Waals surface area contributed by atoms with Crippen molar-refractivity contribution in [1.29, 1.82) is 0 Å². The van der Waals surface area contributed by atoms with Gasteiger partial charge in [0, 0.05) is 26.4 Å². The molecular weight excluding hydrogens is 669 g/mol. The van der Waals surface area contributed by atoms with Crippen LogP contribution in [0.4, 0.5) is 0 Å². The summed E-state index contributed by atoms with van der Waals surface area (Å²) >= 11 is 3.10. The van der Waals surface area contributed by atoms with Gasteiger partial charge in [0.15, 0.2) is 0 Å². The van der Waals surface area contributed by atoms with Crippen molar-refractivity contribution in [3.05, 3.63) is 142 Å². The fourth-order valence-electron chi connectivity index (χ4n) is 6.50. The molecule has 4 heterocycles. The third kappa shape index (κ3) is 6.86. The van der Waals surface area contributed by atoms with E-state index in [0.717, 1.165) is 43.6 Å². The number of thiophene rings is 2. The van der Waals surface area contributed by atoms with Crippen molar-refractivity contribution in [2.45, 2.75) is 46.5 Å². The van der Waals surface area contributed by atoms with E-state index in [4.69, 9.17) is 11.0 Å². The number of furan rings is 1. The zero-order chi connectivity index (χ0) is 35.9. The molecular formula is C44H38N2O3S2. The fraction of sp³-hybridized carbons (Fsp3) is 0.182. The highest BCUT2D eigenvalue weighted by atomic mass is 32.1. The number of carbonyl (C=O) groups is 1. The summed E-state index contributed by atoms with van der Waals surface area (Å²) in [4.78, 5) is 18.2. The smallest absolute Gasteiger partial charge is 0.333 e. The second kappa shape index (κ2) is 13.7. The van der Waals surface area contributed by atoms with E-state index in [1.54, 1.807) is 11.3 Å². The summed E-state index contributed by atoms with van der Waals surface area (Å²) in [5.41, 5.74) is 8.18. The van der Waals surface area contributed by atoms with E-state index in [-0.39, 0.29) is 11.1 Å². The molecule has 0 radical (unpaired) electrons. The van der Waals surface area contributed by atoms with Crippen LogP contribution in [0.2, 0.25) is 0 Å². The summed E-state index contributed by atoms with van der Waals surface area (Å²) in [6, 6.07) is 38.5. The predicted octanol–water partition coefficient (Wildman–Crippen LogP) is 12.9.